The van der Waals surface area contributed by atoms with Gasteiger partial charge in [-0.1, -0.05) is 18.5 Å². The van der Waals surface area contributed by atoms with Crippen LogP contribution < -0.4 is 5.32 Å². The van der Waals surface area contributed by atoms with E-state index in [4.69, 9.17) is 11.6 Å². The smallest absolute Gasteiger partial charge is 0.151 e. The highest BCUT2D eigenvalue weighted by Gasteiger charge is 2.14. The highest BCUT2D eigenvalue weighted by atomic mass is 35.5. The van der Waals surface area contributed by atoms with Gasteiger partial charge >= 0.3 is 0 Å². The number of nitrogens with zero attached hydrogens (tertiary/aromatic N) is 2. The molecule has 0 aliphatic carbocycles. The molecule has 0 fully saturated rings. The fourth-order valence-electron chi connectivity index (χ4n) is 1.95. The van der Waals surface area contributed by atoms with E-state index < -0.39 is 0 Å². The molecule has 0 saturated carbocycles. The van der Waals surface area contributed by atoms with Crippen molar-refractivity contribution >= 4 is 17.4 Å². The van der Waals surface area contributed by atoms with E-state index in [1.165, 1.54) is 6.07 Å². The van der Waals surface area contributed by atoms with Crippen molar-refractivity contribution in [3.05, 3.63) is 40.2 Å². The van der Waals surface area contributed by atoms with Gasteiger partial charge in [0.15, 0.2) is 5.82 Å². The van der Waals surface area contributed by atoms with Crippen LogP contribution in [0.5, 0.6) is 0 Å². The van der Waals surface area contributed by atoms with Crippen LogP contribution in [0, 0.1) is 19.7 Å². The largest absolute Gasteiger partial charge is 0.368 e. The molecule has 1 aromatic heterocycles. The van der Waals surface area contributed by atoms with Crippen molar-refractivity contribution in [1.82, 2.24) is 10.2 Å². The first kappa shape index (κ1) is 14.7. The van der Waals surface area contributed by atoms with Crippen LogP contribution in [0.15, 0.2) is 18.2 Å². The third-order valence-corrected chi connectivity index (χ3v) is 3.49. The zero-order valence-electron chi connectivity index (χ0n) is 11.8. The normalized spacial score (nSPS) is 10.7. The molecule has 2 aromatic rings. The number of nitrogens with one attached hydrogen (secondary N) is 1. The summed E-state index contributed by atoms with van der Waals surface area (Å²) >= 11 is 5.77. The maximum Gasteiger partial charge on any atom is 0.151 e. The summed E-state index contributed by atoms with van der Waals surface area (Å²) in [5, 5.41) is 11.9. The van der Waals surface area contributed by atoms with E-state index in [9.17, 15) is 4.39 Å². The fraction of sp³-hybridized carbons (Fsp3) is 0.333. The highest BCUT2D eigenvalue weighted by molar-refractivity contribution is 6.30. The lowest BCUT2D eigenvalue weighted by Crippen LogP contribution is -2.07. The number of rotatable bonds is 4. The number of aromatic nitrogens is 2. The zero-order valence-corrected chi connectivity index (χ0v) is 12.6. The van der Waals surface area contributed by atoms with Crippen LogP contribution in [0.25, 0.3) is 11.3 Å². The second-order valence-electron chi connectivity index (χ2n) is 4.70. The Balaban J connectivity index is 2.45. The van der Waals surface area contributed by atoms with Gasteiger partial charge in [-0.2, -0.15) is 0 Å². The third kappa shape index (κ3) is 2.90. The molecule has 2 rings (SSSR count). The van der Waals surface area contributed by atoms with E-state index in [0.717, 1.165) is 29.9 Å². The van der Waals surface area contributed by atoms with Gasteiger partial charge in [0.1, 0.15) is 5.82 Å². The van der Waals surface area contributed by atoms with Gasteiger partial charge in [0, 0.05) is 17.1 Å². The molecular formula is C15H17ClFN3. The zero-order chi connectivity index (χ0) is 14.7. The Morgan fingerprint density at radius 2 is 1.95 bits per heavy atom. The molecule has 1 aromatic carbocycles. The van der Waals surface area contributed by atoms with Crippen LogP contribution in [-0.4, -0.2) is 16.7 Å². The SMILES string of the molecule is CCCNc1nnc(-c2ccc(Cl)cc2F)c(C)c1C. The van der Waals surface area contributed by atoms with Crippen molar-refractivity contribution in [2.75, 3.05) is 11.9 Å². The summed E-state index contributed by atoms with van der Waals surface area (Å²) in [6, 6.07) is 4.57. The minimum atomic E-state index is -0.386. The summed E-state index contributed by atoms with van der Waals surface area (Å²) in [6.07, 6.45) is 1.01. The van der Waals surface area contributed by atoms with Crippen molar-refractivity contribution < 1.29 is 4.39 Å². The molecule has 1 N–H and O–H groups in total. The van der Waals surface area contributed by atoms with Crippen LogP contribution in [0.2, 0.25) is 5.02 Å². The summed E-state index contributed by atoms with van der Waals surface area (Å²) in [6.45, 7) is 6.80. The number of benzene rings is 1. The summed E-state index contributed by atoms with van der Waals surface area (Å²) in [5.41, 5.74) is 2.88. The van der Waals surface area contributed by atoms with E-state index in [1.807, 2.05) is 13.8 Å². The second-order valence-corrected chi connectivity index (χ2v) is 5.13. The van der Waals surface area contributed by atoms with Gasteiger partial charge in [-0.15, -0.1) is 10.2 Å². The van der Waals surface area contributed by atoms with Gasteiger partial charge in [0.25, 0.3) is 0 Å². The first-order chi connectivity index (χ1) is 9.54. The van der Waals surface area contributed by atoms with Crippen LogP contribution in [0.1, 0.15) is 24.5 Å². The van der Waals surface area contributed by atoms with Crippen LogP contribution >= 0.6 is 11.6 Å². The molecule has 0 unspecified atom stereocenters. The summed E-state index contributed by atoms with van der Waals surface area (Å²) in [4.78, 5) is 0. The first-order valence-electron chi connectivity index (χ1n) is 6.57. The molecule has 0 radical (unpaired) electrons. The van der Waals surface area contributed by atoms with Gasteiger partial charge in [0.05, 0.1) is 5.69 Å². The Kier molecular flexibility index (Phi) is 4.55. The fourth-order valence-corrected chi connectivity index (χ4v) is 2.11. The molecule has 0 aliphatic heterocycles. The first-order valence-corrected chi connectivity index (χ1v) is 6.95. The van der Waals surface area contributed by atoms with E-state index in [2.05, 4.69) is 22.4 Å². The summed E-state index contributed by atoms with van der Waals surface area (Å²) in [7, 11) is 0. The average molecular weight is 294 g/mol. The van der Waals surface area contributed by atoms with Gasteiger partial charge in [-0.05, 0) is 49.6 Å². The van der Waals surface area contributed by atoms with Gasteiger partial charge < -0.3 is 5.32 Å². The molecule has 106 valence electrons. The lowest BCUT2D eigenvalue weighted by molar-refractivity contribution is 0.630. The number of hydrogen-bond donors (Lipinski definition) is 1. The maximum atomic E-state index is 14.0. The standard InChI is InChI=1S/C15H17ClFN3/c1-4-7-18-15-10(3)9(2)14(19-20-15)12-6-5-11(16)8-13(12)17/h5-6,8H,4,7H2,1-3H3,(H,18,20). The van der Waals surface area contributed by atoms with E-state index in [1.54, 1.807) is 12.1 Å². The monoisotopic (exact) mass is 293 g/mol. The van der Waals surface area contributed by atoms with Gasteiger partial charge in [0.2, 0.25) is 0 Å². The Hall–Kier alpha value is -1.68. The maximum absolute atomic E-state index is 14.0. The lowest BCUT2D eigenvalue weighted by Gasteiger charge is -2.13. The predicted molar refractivity (Wildman–Crippen MR) is 80.7 cm³/mol. The molecule has 20 heavy (non-hydrogen) atoms. The quantitative estimate of drug-likeness (QED) is 0.909. The van der Waals surface area contributed by atoms with E-state index in [-0.39, 0.29) is 5.82 Å². The molecule has 1 heterocycles. The minimum absolute atomic E-state index is 0.370. The topological polar surface area (TPSA) is 37.8 Å². The number of halogens is 2. The van der Waals surface area contributed by atoms with E-state index >= 15 is 0 Å². The molecule has 0 spiro atoms. The number of hydrogen-bond acceptors (Lipinski definition) is 3. The number of anilines is 1. The Morgan fingerprint density at radius 1 is 1.20 bits per heavy atom. The van der Waals surface area contributed by atoms with Crippen molar-refractivity contribution in [3.63, 3.8) is 0 Å². The average Bonchev–Trinajstić information content (AvgIpc) is 2.41. The third-order valence-electron chi connectivity index (χ3n) is 3.25. The predicted octanol–water partition coefficient (Wildman–Crippen LogP) is 4.37. The van der Waals surface area contributed by atoms with Crippen molar-refractivity contribution in [1.29, 1.82) is 0 Å². The Morgan fingerprint density at radius 3 is 2.60 bits per heavy atom. The Labute approximate surface area is 123 Å². The molecule has 0 amide bonds. The van der Waals surface area contributed by atoms with Crippen LogP contribution in [-0.2, 0) is 0 Å². The van der Waals surface area contributed by atoms with Gasteiger partial charge in [-0.3, -0.25) is 0 Å². The van der Waals surface area contributed by atoms with Crippen LogP contribution in [0.3, 0.4) is 0 Å². The van der Waals surface area contributed by atoms with Crippen molar-refractivity contribution in [3.8, 4) is 11.3 Å². The second kappa shape index (κ2) is 6.18. The molecule has 5 heteroatoms. The highest BCUT2D eigenvalue weighted by Crippen LogP contribution is 2.29. The van der Waals surface area contributed by atoms with E-state index in [0.29, 0.717) is 16.3 Å². The molecular weight excluding hydrogens is 277 g/mol. The molecule has 0 aliphatic rings. The van der Waals surface area contributed by atoms with Crippen molar-refractivity contribution in [2.24, 2.45) is 0 Å². The molecule has 0 bridgehead atoms. The van der Waals surface area contributed by atoms with Gasteiger partial charge in [-0.25, -0.2) is 4.39 Å². The lowest BCUT2D eigenvalue weighted by atomic mass is 10.0. The molecule has 0 saturated heterocycles. The van der Waals surface area contributed by atoms with Crippen molar-refractivity contribution in [2.45, 2.75) is 27.2 Å². The van der Waals surface area contributed by atoms with Crippen LogP contribution in [0.4, 0.5) is 10.2 Å². The summed E-state index contributed by atoms with van der Waals surface area (Å²) in [5.74, 6) is 0.367. The molecule has 0 atom stereocenters. The Bertz CT molecular complexity index is 629. The summed E-state index contributed by atoms with van der Waals surface area (Å²) < 4.78 is 14.0. The molecule has 3 nitrogen and oxygen atoms in total. The minimum Gasteiger partial charge on any atom is -0.368 e.